The molecule has 1 aliphatic carbocycles. The van der Waals surface area contributed by atoms with Gasteiger partial charge in [-0.1, -0.05) is 13.8 Å². The highest BCUT2D eigenvalue weighted by Gasteiger charge is 2.65. The topological polar surface area (TPSA) is 108 Å². The number of hydrogen-bond acceptors (Lipinski definition) is 5. The Morgan fingerprint density at radius 2 is 1.63 bits per heavy atom. The average Bonchev–Trinajstić information content (AvgIpc) is 3.20. The van der Waals surface area contributed by atoms with Crippen LogP contribution in [0.5, 0.6) is 0 Å². The maximum absolute atomic E-state index is 12.3. The maximum Gasteiger partial charge on any atom is 0.307 e. The number of carboxylic acid groups (broad SMARTS) is 1. The number of benzene rings is 1. The SMILES string of the molecule is CC1(C)[C@H](C(=O)O)[C@H]1C(=O)Nc1ccc(NC(=O)CN2CCOCC2)cc1. The van der Waals surface area contributed by atoms with Gasteiger partial charge in [-0.2, -0.15) is 0 Å². The Kier molecular flexibility index (Phi) is 5.48. The monoisotopic (exact) mass is 375 g/mol. The first-order chi connectivity index (χ1) is 12.8. The van der Waals surface area contributed by atoms with E-state index in [1.807, 2.05) is 4.90 Å². The molecule has 1 saturated heterocycles. The molecular weight excluding hydrogens is 350 g/mol. The van der Waals surface area contributed by atoms with Gasteiger partial charge in [0.15, 0.2) is 0 Å². The third-order valence-electron chi connectivity index (χ3n) is 5.28. The van der Waals surface area contributed by atoms with Crippen molar-refractivity contribution in [1.82, 2.24) is 4.90 Å². The molecular formula is C19H25N3O5. The number of amides is 2. The summed E-state index contributed by atoms with van der Waals surface area (Å²) in [6.45, 7) is 6.65. The fourth-order valence-corrected chi connectivity index (χ4v) is 3.61. The summed E-state index contributed by atoms with van der Waals surface area (Å²) < 4.78 is 5.26. The van der Waals surface area contributed by atoms with Crippen LogP contribution in [-0.2, 0) is 19.1 Å². The molecule has 0 bridgehead atoms. The van der Waals surface area contributed by atoms with Gasteiger partial charge in [0, 0.05) is 24.5 Å². The molecule has 0 aromatic heterocycles. The van der Waals surface area contributed by atoms with Crippen LogP contribution in [0.4, 0.5) is 11.4 Å². The van der Waals surface area contributed by atoms with Crippen molar-refractivity contribution < 1.29 is 24.2 Å². The number of nitrogens with one attached hydrogen (secondary N) is 2. The minimum Gasteiger partial charge on any atom is -0.481 e. The van der Waals surface area contributed by atoms with Gasteiger partial charge < -0.3 is 20.5 Å². The molecule has 0 spiro atoms. The number of carbonyl (C=O) groups excluding carboxylic acids is 2. The molecule has 3 N–H and O–H groups in total. The number of carboxylic acids is 1. The molecule has 0 radical (unpaired) electrons. The van der Waals surface area contributed by atoms with Crippen molar-refractivity contribution in [2.75, 3.05) is 43.5 Å². The molecule has 1 aromatic rings. The number of nitrogens with zero attached hydrogens (tertiary/aromatic N) is 1. The predicted octanol–water partition coefficient (Wildman–Crippen LogP) is 1.25. The number of morpholine rings is 1. The smallest absolute Gasteiger partial charge is 0.307 e. The van der Waals surface area contributed by atoms with Crippen LogP contribution in [0.3, 0.4) is 0 Å². The first kappa shape index (κ1) is 19.3. The Hall–Kier alpha value is -2.45. The third kappa shape index (κ3) is 4.45. The summed E-state index contributed by atoms with van der Waals surface area (Å²) in [5, 5.41) is 14.8. The van der Waals surface area contributed by atoms with Crippen LogP contribution < -0.4 is 10.6 Å². The highest BCUT2D eigenvalue weighted by molar-refractivity contribution is 6.00. The van der Waals surface area contributed by atoms with E-state index in [0.717, 1.165) is 13.1 Å². The Labute approximate surface area is 157 Å². The number of hydrogen-bond donors (Lipinski definition) is 3. The Morgan fingerprint density at radius 1 is 1.07 bits per heavy atom. The van der Waals surface area contributed by atoms with Gasteiger partial charge in [-0.05, 0) is 29.7 Å². The van der Waals surface area contributed by atoms with E-state index in [9.17, 15) is 19.5 Å². The highest BCUT2D eigenvalue weighted by Crippen LogP contribution is 2.58. The Bertz CT molecular complexity index is 725. The second kappa shape index (κ2) is 7.66. The predicted molar refractivity (Wildman–Crippen MR) is 99.4 cm³/mol. The lowest BCUT2D eigenvalue weighted by molar-refractivity contribution is -0.140. The zero-order chi connectivity index (χ0) is 19.6. The molecule has 2 atom stereocenters. The van der Waals surface area contributed by atoms with Crippen LogP contribution >= 0.6 is 0 Å². The number of ether oxygens (including phenoxy) is 1. The van der Waals surface area contributed by atoms with Gasteiger partial charge in [0.25, 0.3) is 0 Å². The van der Waals surface area contributed by atoms with E-state index in [0.29, 0.717) is 31.1 Å². The lowest BCUT2D eigenvalue weighted by Crippen LogP contribution is -2.41. The van der Waals surface area contributed by atoms with Crippen LogP contribution in [0, 0.1) is 17.3 Å². The molecule has 1 heterocycles. The summed E-state index contributed by atoms with van der Waals surface area (Å²) in [6.07, 6.45) is 0. The van der Waals surface area contributed by atoms with Crippen LogP contribution in [0.2, 0.25) is 0 Å². The normalized spacial score (nSPS) is 24.1. The average molecular weight is 375 g/mol. The molecule has 2 amide bonds. The van der Waals surface area contributed by atoms with E-state index in [-0.39, 0.29) is 11.8 Å². The maximum atomic E-state index is 12.3. The van der Waals surface area contributed by atoms with Crippen molar-refractivity contribution in [2.24, 2.45) is 17.3 Å². The molecule has 27 heavy (non-hydrogen) atoms. The summed E-state index contributed by atoms with van der Waals surface area (Å²) in [6, 6.07) is 6.79. The van der Waals surface area contributed by atoms with Gasteiger partial charge in [-0.3, -0.25) is 19.3 Å². The summed E-state index contributed by atoms with van der Waals surface area (Å²) >= 11 is 0. The lowest BCUT2D eigenvalue weighted by atomic mass is 10.1. The van der Waals surface area contributed by atoms with Crippen molar-refractivity contribution in [3.63, 3.8) is 0 Å². The van der Waals surface area contributed by atoms with E-state index in [1.54, 1.807) is 38.1 Å². The molecule has 1 aromatic carbocycles. The van der Waals surface area contributed by atoms with E-state index >= 15 is 0 Å². The first-order valence-corrected chi connectivity index (χ1v) is 9.02. The first-order valence-electron chi connectivity index (χ1n) is 9.02. The fraction of sp³-hybridized carbons (Fsp3) is 0.526. The zero-order valence-electron chi connectivity index (χ0n) is 15.5. The summed E-state index contributed by atoms with van der Waals surface area (Å²) in [5.74, 6) is -2.54. The van der Waals surface area contributed by atoms with Crippen molar-refractivity contribution in [3.8, 4) is 0 Å². The summed E-state index contributed by atoms with van der Waals surface area (Å²) in [7, 11) is 0. The number of rotatable bonds is 6. The van der Waals surface area contributed by atoms with Crippen molar-refractivity contribution in [2.45, 2.75) is 13.8 Å². The number of aliphatic carboxylic acids is 1. The second-order valence-corrected chi connectivity index (χ2v) is 7.62. The van der Waals surface area contributed by atoms with Crippen molar-refractivity contribution in [3.05, 3.63) is 24.3 Å². The largest absolute Gasteiger partial charge is 0.481 e. The van der Waals surface area contributed by atoms with Crippen molar-refractivity contribution in [1.29, 1.82) is 0 Å². The van der Waals surface area contributed by atoms with Crippen molar-refractivity contribution >= 4 is 29.2 Å². The highest BCUT2D eigenvalue weighted by atomic mass is 16.5. The van der Waals surface area contributed by atoms with E-state index in [4.69, 9.17) is 4.74 Å². The molecule has 2 fully saturated rings. The lowest BCUT2D eigenvalue weighted by Gasteiger charge is -2.25. The minimum atomic E-state index is -0.946. The molecule has 8 nitrogen and oxygen atoms in total. The van der Waals surface area contributed by atoms with Gasteiger partial charge in [0.05, 0.1) is 31.6 Å². The van der Waals surface area contributed by atoms with Crippen LogP contribution in [-0.4, -0.2) is 60.6 Å². The second-order valence-electron chi connectivity index (χ2n) is 7.62. The minimum absolute atomic E-state index is 0.0993. The van der Waals surface area contributed by atoms with Gasteiger partial charge >= 0.3 is 5.97 Å². The molecule has 1 saturated carbocycles. The third-order valence-corrected chi connectivity index (χ3v) is 5.28. The van der Waals surface area contributed by atoms with Gasteiger partial charge in [0.1, 0.15) is 0 Å². The molecule has 146 valence electrons. The van der Waals surface area contributed by atoms with Crippen LogP contribution in [0.1, 0.15) is 13.8 Å². The van der Waals surface area contributed by atoms with E-state index in [1.165, 1.54) is 0 Å². The molecule has 3 rings (SSSR count). The molecule has 2 aliphatic rings. The molecule has 0 unspecified atom stereocenters. The van der Waals surface area contributed by atoms with Crippen LogP contribution in [0.25, 0.3) is 0 Å². The Morgan fingerprint density at radius 3 is 2.15 bits per heavy atom. The summed E-state index contributed by atoms with van der Waals surface area (Å²) in [5.41, 5.74) is 0.669. The quantitative estimate of drug-likeness (QED) is 0.691. The fourth-order valence-electron chi connectivity index (χ4n) is 3.61. The van der Waals surface area contributed by atoms with Gasteiger partial charge in [0.2, 0.25) is 11.8 Å². The standard InChI is InChI=1S/C19H25N3O5/c1-19(2)15(16(19)18(25)26)17(24)21-13-5-3-12(4-6-13)20-14(23)11-22-7-9-27-10-8-22/h3-6,15-16H,7-11H2,1-2H3,(H,20,23)(H,21,24)(H,25,26)/t15-,16-/m0/s1. The zero-order valence-corrected chi connectivity index (χ0v) is 15.5. The van der Waals surface area contributed by atoms with E-state index in [2.05, 4.69) is 10.6 Å². The molecule has 1 aliphatic heterocycles. The van der Waals surface area contributed by atoms with E-state index < -0.39 is 23.2 Å². The Balaban J connectivity index is 1.51. The van der Waals surface area contributed by atoms with Gasteiger partial charge in [-0.25, -0.2) is 0 Å². The molecule has 8 heteroatoms. The number of anilines is 2. The van der Waals surface area contributed by atoms with Gasteiger partial charge in [-0.15, -0.1) is 0 Å². The number of carbonyl (C=O) groups is 3. The van der Waals surface area contributed by atoms with Crippen LogP contribution in [0.15, 0.2) is 24.3 Å². The summed E-state index contributed by atoms with van der Waals surface area (Å²) in [4.78, 5) is 37.7.